The largest absolute Gasteiger partial charge is 0.458 e. The molecule has 122 valence electrons. The predicted molar refractivity (Wildman–Crippen MR) is 76.8 cm³/mol. The highest BCUT2D eigenvalue weighted by atomic mass is 35.5. The smallest absolute Gasteiger partial charge is 0.330 e. The molecule has 0 aromatic carbocycles. The molecular formula is C13H17ClN2O6. The van der Waals surface area contributed by atoms with Crippen LogP contribution in [0.25, 0.3) is 0 Å². The van der Waals surface area contributed by atoms with Crippen LogP contribution in [0, 0.1) is 0 Å². The van der Waals surface area contributed by atoms with E-state index in [1.807, 2.05) is 0 Å². The summed E-state index contributed by atoms with van der Waals surface area (Å²) in [4.78, 5) is 35.1. The summed E-state index contributed by atoms with van der Waals surface area (Å²) in [6.45, 7) is 0.806. The van der Waals surface area contributed by atoms with Gasteiger partial charge >= 0.3 is 11.7 Å². The number of hydrogen-bond acceptors (Lipinski definition) is 6. The van der Waals surface area contributed by atoms with E-state index in [-0.39, 0.29) is 5.56 Å². The highest BCUT2D eigenvalue weighted by Crippen LogP contribution is 2.37. The predicted octanol–water partition coefficient (Wildman–Crippen LogP) is -0.945. The molecule has 1 N–H and O–H groups in total. The van der Waals surface area contributed by atoms with Gasteiger partial charge < -0.3 is 19.1 Å². The summed E-state index contributed by atoms with van der Waals surface area (Å²) in [5.74, 6) is -0.563. The summed E-state index contributed by atoms with van der Waals surface area (Å²) in [5.41, 5.74) is -0.857. The molecular weight excluding hydrogens is 316 g/mol. The van der Waals surface area contributed by atoms with Crippen LogP contribution in [0.2, 0.25) is 0 Å². The van der Waals surface area contributed by atoms with Crippen LogP contribution in [0.4, 0.5) is 0 Å². The Kier molecular flexibility index (Phi) is 4.74. The average Bonchev–Trinajstić information content (AvgIpc) is 2.77. The SMILES string of the molecule is CC(=O)O[C@H]1[C@H](Cl)[C@H](c2cn(C)c(=O)n(C)c2=O)O[C@@H]1CO. The molecule has 2 rings (SSSR count). The third-order valence-electron chi connectivity index (χ3n) is 3.55. The van der Waals surface area contributed by atoms with Gasteiger partial charge in [-0.15, -0.1) is 11.6 Å². The fourth-order valence-corrected chi connectivity index (χ4v) is 2.88. The lowest BCUT2D eigenvalue weighted by molar-refractivity contribution is -0.150. The molecule has 4 atom stereocenters. The highest BCUT2D eigenvalue weighted by Gasteiger charge is 2.47. The van der Waals surface area contributed by atoms with Crippen LogP contribution in [0.3, 0.4) is 0 Å². The topological polar surface area (TPSA) is 99.8 Å². The third kappa shape index (κ3) is 2.81. The lowest BCUT2D eigenvalue weighted by Crippen LogP contribution is -2.40. The van der Waals surface area contributed by atoms with Crippen molar-refractivity contribution in [1.29, 1.82) is 0 Å². The minimum absolute atomic E-state index is 0.165. The fraction of sp³-hybridized carbons (Fsp3) is 0.615. The van der Waals surface area contributed by atoms with E-state index in [4.69, 9.17) is 21.1 Å². The van der Waals surface area contributed by atoms with Crippen molar-refractivity contribution in [1.82, 2.24) is 9.13 Å². The molecule has 1 saturated heterocycles. The van der Waals surface area contributed by atoms with Gasteiger partial charge in [0, 0.05) is 27.2 Å². The standard InChI is InChI=1S/C13H17ClN2O6/c1-6(18)21-11-8(5-17)22-10(9(11)14)7-4-15(2)13(20)16(3)12(7)19/h4,8-11,17H,5H2,1-3H3/t8-,9-,10+,11-/m1/s1. The van der Waals surface area contributed by atoms with Crippen molar-refractivity contribution in [2.75, 3.05) is 6.61 Å². The number of rotatable bonds is 3. The first kappa shape index (κ1) is 16.7. The minimum Gasteiger partial charge on any atom is -0.458 e. The van der Waals surface area contributed by atoms with Gasteiger partial charge in [-0.3, -0.25) is 14.2 Å². The zero-order valence-corrected chi connectivity index (χ0v) is 13.1. The van der Waals surface area contributed by atoms with Crippen molar-refractivity contribution in [3.8, 4) is 0 Å². The quantitative estimate of drug-likeness (QED) is 0.566. The Hall–Kier alpha value is -1.64. The van der Waals surface area contributed by atoms with Crippen LogP contribution in [0.1, 0.15) is 18.6 Å². The van der Waals surface area contributed by atoms with Crippen LogP contribution < -0.4 is 11.2 Å². The van der Waals surface area contributed by atoms with Crippen LogP contribution >= 0.6 is 11.6 Å². The zero-order chi connectivity index (χ0) is 16.6. The molecule has 0 aliphatic carbocycles. The Morgan fingerprint density at radius 2 is 2.09 bits per heavy atom. The van der Waals surface area contributed by atoms with Gasteiger partial charge in [0.2, 0.25) is 0 Å². The van der Waals surface area contributed by atoms with Gasteiger partial charge in [-0.25, -0.2) is 4.79 Å². The number of alkyl halides is 1. The molecule has 9 heteroatoms. The second kappa shape index (κ2) is 6.23. The maximum Gasteiger partial charge on any atom is 0.330 e. The van der Waals surface area contributed by atoms with Crippen molar-refractivity contribution in [3.05, 3.63) is 32.6 Å². The number of nitrogens with zero attached hydrogens (tertiary/aromatic N) is 2. The Morgan fingerprint density at radius 3 is 2.64 bits per heavy atom. The molecule has 1 aromatic rings. The number of aliphatic hydroxyl groups excluding tert-OH is 1. The van der Waals surface area contributed by atoms with Gasteiger partial charge in [0.05, 0.1) is 12.2 Å². The minimum atomic E-state index is -0.895. The molecule has 0 unspecified atom stereocenters. The van der Waals surface area contributed by atoms with Crippen molar-refractivity contribution < 1.29 is 19.4 Å². The molecule has 1 fully saturated rings. The number of carbonyl (C=O) groups is 1. The van der Waals surface area contributed by atoms with Crippen LogP contribution in [-0.2, 0) is 28.4 Å². The van der Waals surface area contributed by atoms with E-state index >= 15 is 0 Å². The Labute approximate surface area is 130 Å². The molecule has 0 amide bonds. The van der Waals surface area contributed by atoms with Gasteiger partial charge in [0.1, 0.15) is 23.7 Å². The van der Waals surface area contributed by atoms with Crippen molar-refractivity contribution in [2.45, 2.75) is 30.6 Å². The van der Waals surface area contributed by atoms with Crippen molar-refractivity contribution in [3.63, 3.8) is 0 Å². The first-order valence-electron chi connectivity index (χ1n) is 6.62. The van der Waals surface area contributed by atoms with E-state index in [0.29, 0.717) is 0 Å². The van der Waals surface area contributed by atoms with Gasteiger partial charge in [-0.2, -0.15) is 0 Å². The second-order valence-corrected chi connectivity index (χ2v) is 5.64. The van der Waals surface area contributed by atoms with Crippen LogP contribution in [0.5, 0.6) is 0 Å². The summed E-state index contributed by atoms with van der Waals surface area (Å²) < 4.78 is 12.8. The summed E-state index contributed by atoms with van der Waals surface area (Å²) in [5, 5.41) is 8.49. The number of aryl methyl sites for hydroxylation is 1. The molecule has 0 radical (unpaired) electrons. The number of ether oxygens (including phenoxy) is 2. The second-order valence-electron chi connectivity index (χ2n) is 5.14. The van der Waals surface area contributed by atoms with Gasteiger partial charge in [0.25, 0.3) is 5.56 Å². The summed E-state index contributed by atoms with van der Waals surface area (Å²) in [6, 6.07) is 0. The van der Waals surface area contributed by atoms with E-state index in [9.17, 15) is 19.5 Å². The number of hydrogen-bond donors (Lipinski definition) is 1. The van der Waals surface area contributed by atoms with Crippen LogP contribution in [-0.4, -0.2) is 44.4 Å². The summed E-state index contributed by atoms with van der Waals surface area (Å²) in [7, 11) is 2.84. The first-order chi connectivity index (χ1) is 10.3. The number of halogens is 1. The van der Waals surface area contributed by atoms with E-state index in [1.165, 1.54) is 31.8 Å². The van der Waals surface area contributed by atoms with E-state index in [2.05, 4.69) is 0 Å². The Balaban J connectivity index is 2.44. The molecule has 0 saturated carbocycles. The molecule has 8 nitrogen and oxygen atoms in total. The lowest BCUT2D eigenvalue weighted by Gasteiger charge is -2.18. The van der Waals surface area contributed by atoms with Crippen LogP contribution in [0.15, 0.2) is 15.8 Å². The van der Waals surface area contributed by atoms with Crippen molar-refractivity contribution >= 4 is 17.6 Å². The average molecular weight is 333 g/mol. The number of carbonyl (C=O) groups excluding carboxylic acids is 1. The number of aliphatic hydroxyl groups is 1. The van der Waals surface area contributed by atoms with Gasteiger partial charge in [0.15, 0.2) is 0 Å². The summed E-state index contributed by atoms with van der Waals surface area (Å²) in [6.07, 6.45) is -1.27. The molecule has 1 aromatic heterocycles. The normalized spacial score (nSPS) is 27.9. The molecule has 2 heterocycles. The van der Waals surface area contributed by atoms with E-state index in [1.54, 1.807) is 0 Å². The Bertz CT molecular complexity index is 697. The summed E-state index contributed by atoms with van der Waals surface area (Å²) >= 11 is 6.26. The maximum atomic E-state index is 12.2. The molecule has 22 heavy (non-hydrogen) atoms. The maximum absolute atomic E-state index is 12.2. The van der Waals surface area contributed by atoms with E-state index < -0.39 is 47.5 Å². The lowest BCUT2D eigenvalue weighted by atomic mass is 10.1. The molecule has 0 bridgehead atoms. The molecule has 1 aliphatic heterocycles. The van der Waals surface area contributed by atoms with Gasteiger partial charge in [-0.1, -0.05) is 0 Å². The monoisotopic (exact) mass is 332 g/mol. The number of esters is 1. The fourth-order valence-electron chi connectivity index (χ4n) is 2.47. The van der Waals surface area contributed by atoms with Crippen molar-refractivity contribution in [2.24, 2.45) is 14.1 Å². The number of aromatic nitrogens is 2. The molecule has 1 aliphatic rings. The van der Waals surface area contributed by atoms with E-state index in [0.717, 1.165) is 4.57 Å². The highest BCUT2D eigenvalue weighted by molar-refractivity contribution is 6.21. The first-order valence-corrected chi connectivity index (χ1v) is 7.05. The Morgan fingerprint density at radius 1 is 1.45 bits per heavy atom. The molecule has 0 spiro atoms. The third-order valence-corrected chi connectivity index (χ3v) is 4.03. The zero-order valence-electron chi connectivity index (χ0n) is 12.4. The van der Waals surface area contributed by atoms with Gasteiger partial charge in [-0.05, 0) is 0 Å².